The summed E-state index contributed by atoms with van der Waals surface area (Å²) >= 11 is 0. The van der Waals surface area contributed by atoms with E-state index in [2.05, 4.69) is 4.98 Å². The molecule has 0 radical (unpaired) electrons. The fourth-order valence-corrected chi connectivity index (χ4v) is 2.01. The normalized spacial score (nSPS) is 15.3. The summed E-state index contributed by atoms with van der Waals surface area (Å²) in [6.07, 6.45) is 2.27. The molecule has 3 heteroatoms. The molecule has 2 aromatic rings. The Balaban J connectivity index is 2.25. The van der Waals surface area contributed by atoms with Crippen molar-refractivity contribution in [3.05, 3.63) is 30.0 Å². The van der Waals surface area contributed by atoms with E-state index in [1.54, 1.807) is 13.2 Å². The Hall–Kier alpha value is -1.77. The molecule has 0 saturated heterocycles. The first-order valence-electron chi connectivity index (χ1n) is 5.46. The van der Waals surface area contributed by atoms with Crippen LogP contribution in [-0.4, -0.2) is 17.2 Å². The average molecular weight is 215 g/mol. The van der Waals surface area contributed by atoms with Crippen LogP contribution in [0, 0.1) is 0 Å². The lowest BCUT2D eigenvalue weighted by Crippen LogP contribution is -1.91. The van der Waals surface area contributed by atoms with E-state index in [0.717, 1.165) is 35.2 Å². The van der Waals surface area contributed by atoms with Crippen molar-refractivity contribution in [2.75, 3.05) is 7.11 Å². The van der Waals surface area contributed by atoms with Crippen molar-refractivity contribution < 1.29 is 9.84 Å². The molecule has 1 aliphatic rings. The lowest BCUT2D eigenvalue weighted by Gasteiger charge is -2.08. The van der Waals surface area contributed by atoms with Gasteiger partial charge in [0, 0.05) is 11.3 Å². The van der Waals surface area contributed by atoms with Crippen molar-refractivity contribution in [3.63, 3.8) is 0 Å². The maximum Gasteiger partial charge on any atom is 0.138 e. The van der Waals surface area contributed by atoms with Crippen molar-refractivity contribution >= 4 is 10.9 Å². The molecule has 1 saturated carbocycles. The van der Waals surface area contributed by atoms with Gasteiger partial charge in [-0.2, -0.15) is 0 Å². The Morgan fingerprint density at radius 2 is 2.19 bits per heavy atom. The zero-order chi connectivity index (χ0) is 11.1. The fourth-order valence-electron chi connectivity index (χ4n) is 2.01. The molecule has 1 aliphatic carbocycles. The van der Waals surface area contributed by atoms with Gasteiger partial charge >= 0.3 is 0 Å². The van der Waals surface area contributed by atoms with Gasteiger partial charge in [0.25, 0.3) is 0 Å². The molecule has 82 valence electrons. The highest BCUT2D eigenvalue weighted by molar-refractivity contribution is 5.86. The van der Waals surface area contributed by atoms with E-state index >= 15 is 0 Å². The van der Waals surface area contributed by atoms with Crippen molar-refractivity contribution in [2.24, 2.45) is 0 Å². The molecule has 0 bridgehead atoms. The lowest BCUT2D eigenvalue weighted by molar-refractivity contribution is 0.419. The van der Waals surface area contributed by atoms with Crippen LogP contribution < -0.4 is 4.74 Å². The topological polar surface area (TPSA) is 42.4 Å². The number of hydrogen-bond donors (Lipinski definition) is 1. The average Bonchev–Trinajstić information content (AvgIpc) is 3.11. The third-order valence-corrected chi connectivity index (χ3v) is 3.01. The van der Waals surface area contributed by atoms with Gasteiger partial charge in [-0.05, 0) is 31.0 Å². The first-order valence-corrected chi connectivity index (χ1v) is 5.46. The first kappa shape index (κ1) is 9.46. The van der Waals surface area contributed by atoms with Gasteiger partial charge in [0.05, 0.1) is 18.3 Å². The molecule has 1 aromatic carbocycles. The van der Waals surface area contributed by atoms with Gasteiger partial charge in [0.2, 0.25) is 0 Å². The molecule has 0 atom stereocenters. The van der Waals surface area contributed by atoms with Gasteiger partial charge in [-0.3, -0.25) is 0 Å². The summed E-state index contributed by atoms with van der Waals surface area (Å²) in [5, 5.41) is 10.8. The second kappa shape index (κ2) is 3.37. The predicted octanol–water partition coefficient (Wildman–Crippen LogP) is 2.83. The molecule has 16 heavy (non-hydrogen) atoms. The third-order valence-electron chi connectivity index (χ3n) is 3.01. The van der Waals surface area contributed by atoms with Gasteiger partial charge in [-0.25, -0.2) is 4.98 Å². The zero-order valence-electron chi connectivity index (χ0n) is 9.10. The Morgan fingerprint density at radius 3 is 2.88 bits per heavy atom. The van der Waals surface area contributed by atoms with E-state index < -0.39 is 0 Å². The first-order chi connectivity index (χ1) is 7.79. The second-order valence-electron chi connectivity index (χ2n) is 4.19. The molecule has 0 spiro atoms. The van der Waals surface area contributed by atoms with Crippen LogP contribution in [0.3, 0.4) is 0 Å². The van der Waals surface area contributed by atoms with Gasteiger partial charge in [-0.15, -0.1) is 0 Å². The van der Waals surface area contributed by atoms with E-state index in [0.29, 0.717) is 11.7 Å². The summed E-state index contributed by atoms with van der Waals surface area (Å²) in [6.45, 7) is 0. The van der Waals surface area contributed by atoms with E-state index in [-0.39, 0.29) is 0 Å². The van der Waals surface area contributed by atoms with Gasteiger partial charge in [-0.1, -0.05) is 6.07 Å². The number of benzene rings is 1. The van der Waals surface area contributed by atoms with Gasteiger partial charge < -0.3 is 9.84 Å². The van der Waals surface area contributed by atoms with Crippen LogP contribution >= 0.6 is 0 Å². The molecule has 1 heterocycles. The second-order valence-corrected chi connectivity index (χ2v) is 4.19. The van der Waals surface area contributed by atoms with Crippen molar-refractivity contribution in [3.8, 4) is 11.5 Å². The fraction of sp³-hybridized carbons (Fsp3) is 0.308. The molecule has 3 rings (SSSR count). The Bertz CT molecular complexity index is 547. The summed E-state index contributed by atoms with van der Waals surface area (Å²) in [5.74, 6) is 1.50. The zero-order valence-corrected chi connectivity index (χ0v) is 9.10. The number of pyridine rings is 1. The Kier molecular flexibility index (Phi) is 1.99. The number of hydrogen-bond acceptors (Lipinski definition) is 3. The van der Waals surface area contributed by atoms with Crippen LogP contribution in [0.25, 0.3) is 10.9 Å². The SMILES string of the molecule is COc1cccc2nc(C3CC3)c(O)cc12. The van der Waals surface area contributed by atoms with E-state index in [4.69, 9.17) is 4.74 Å². The maximum atomic E-state index is 9.92. The largest absolute Gasteiger partial charge is 0.506 e. The standard InChI is InChI=1S/C13H13NO2/c1-16-12-4-2-3-10-9(12)7-11(15)13(14-10)8-5-6-8/h2-4,7-8,15H,5-6H2,1H3. The van der Waals surface area contributed by atoms with Crippen molar-refractivity contribution in [1.29, 1.82) is 0 Å². The molecule has 0 unspecified atom stereocenters. The minimum absolute atomic E-state index is 0.291. The van der Waals surface area contributed by atoms with Crippen molar-refractivity contribution in [2.45, 2.75) is 18.8 Å². The van der Waals surface area contributed by atoms with Crippen LogP contribution in [-0.2, 0) is 0 Å². The Labute approximate surface area is 93.7 Å². The molecule has 1 N–H and O–H groups in total. The van der Waals surface area contributed by atoms with Gasteiger partial charge in [0.15, 0.2) is 0 Å². The monoisotopic (exact) mass is 215 g/mol. The Morgan fingerprint density at radius 1 is 1.38 bits per heavy atom. The lowest BCUT2D eigenvalue weighted by atomic mass is 10.1. The smallest absolute Gasteiger partial charge is 0.138 e. The quantitative estimate of drug-likeness (QED) is 0.837. The summed E-state index contributed by atoms with van der Waals surface area (Å²) in [7, 11) is 1.63. The van der Waals surface area contributed by atoms with Crippen LogP contribution in [0.4, 0.5) is 0 Å². The minimum atomic E-state index is 0.291. The number of aromatic hydroxyl groups is 1. The van der Waals surface area contributed by atoms with E-state index in [9.17, 15) is 5.11 Å². The number of nitrogens with zero attached hydrogens (tertiary/aromatic N) is 1. The molecule has 1 fully saturated rings. The van der Waals surface area contributed by atoms with E-state index in [1.165, 1.54) is 0 Å². The number of rotatable bonds is 2. The highest BCUT2D eigenvalue weighted by atomic mass is 16.5. The van der Waals surface area contributed by atoms with Crippen LogP contribution in [0.5, 0.6) is 11.5 Å². The summed E-state index contributed by atoms with van der Waals surface area (Å²) in [4.78, 5) is 4.52. The summed E-state index contributed by atoms with van der Waals surface area (Å²) in [6, 6.07) is 7.50. The molecule has 0 aliphatic heterocycles. The van der Waals surface area contributed by atoms with Crippen molar-refractivity contribution in [1.82, 2.24) is 4.98 Å². The molecular formula is C13H13NO2. The highest BCUT2D eigenvalue weighted by Crippen LogP contribution is 2.44. The molecular weight excluding hydrogens is 202 g/mol. The van der Waals surface area contributed by atoms with Crippen LogP contribution in [0.2, 0.25) is 0 Å². The molecule has 3 nitrogen and oxygen atoms in total. The molecule has 1 aromatic heterocycles. The number of aromatic nitrogens is 1. The summed E-state index contributed by atoms with van der Waals surface area (Å²) < 4.78 is 5.25. The number of fused-ring (bicyclic) bond motifs is 1. The summed E-state index contributed by atoms with van der Waals surface area (Å²) in [5.41, 5.74) is 1.72. The van der Waals surface area contributed by atoms with Gasteiger partial charge in [0.1, 0.15) is 11.5 Å². The number of methoxy groups -OCH3 is 1. The molecule has 0 amide bonds. The minimum Gasteiger partial charge on any atom is -0.506 e. The third kappa shape index (κ3) is 1.40. The highest BCUT2D eigenvalue weighted by Gasteiger charge is 2.28. The number of ether oxygens (including phenoxy) is 1. The van der Waals surface area contributed by atoms with Crippen LogP contribution in [0.1, 0.15) is 24.5 Å². The maximum absolute atomic E-state index is 9.92. The predicted molar refractivity (Wildman–Crippen MR) is 61.9 cm³/mol. The van der Waals surface area contributed by atoms with E-state index in [1.807, 2.05) is 18.2 Å². The van der Waals surface area contributed by atoms with Crippen LogP contribution in [0.15, 0.2) is 24.3 Å².